The highest BCUT2D eigenvalue weighted by Gasteiger charge is 2.19. The molecular formula is C52H90O6. The van der Waals surface area contributed by atoms with Gasteiger partial charge in [-0.05, 0) is 77.0 Å². The Morgan fingerprint density at radius 3 is 1.19 bits per heavy atom. The second-order valence-corrected chi connectivity index (χ2v) is 16.0. The van der Waals surface area contributed by atoms with Gasteiger partial charge in [-0.2, -0.15) is 0 Å². The minimum absolute atomic E-state index is 0.0937. The summed E-state index contributed by atoms with van der Waals surface area (Å²) in [7, 11) is 0. The van der Waals surface area contributed by atoms with E-state index in [1.54, 1.807) is 0 Å². The molecule has 0 aliphatic heterocycles. The van der Waals surface area contributed by atoms with Gasteiger partial charge in [-0.15, -0.1) is 0 Å². The standard InChI is InChI=1S/C52H90O6/c1-4-7-10-13-16-19-22-24-25-26-27-28-29-31-33-36-39-42-45-51(54)57-48-49(47-56-50(53)44-41-38-35-32-21-18-15-12-9-6-3)58-52(55)46-43-40-37-34-30-23-20-17-14-11-8-5-2/h8,11,17,20,25-28,30,34,49H,4-7,9-10,12-16,18-19,21-24,29,31-33,35-48H2,1-3H3/b11-8-,20-17-,26-25-,28-27-,34-30-. The van der Waals surface area contributed by atoms with E-state index in [0.29, 0.717) is 19.3 Å². The van der Waals surface area contributed by atoms with Crippen molar-refractivity contribution < 1.29 is 28.6 Å². The van der Waals surface area contributed by atoms with Gasteiger partial charge in [0.25, 0.3) is 0 Å². The zero-order valence-electron chi connectivity index (χ0n) is 38.0. The van der Waals surface area contributed by atoms with Crippen molar-refractivity contribution >= 4 is 17.9 Å². The maximum Gasteiger partial charge on any atom is 0.306 e. The Bertz CT molecular complexity index is 1070. The lowest BCUT2D eigenvalue weighted by atomic mass is 10.1. The van der Waals surface area contributed by atoms with E-state index in [0.717, 1.165) is 89.9 Å². The molecule has 0 spiro atoms. The second-order valence-electron chi connectivity index (χ2n) is 16.0. The van der Waals surface area contributed by atoms with Gasteiger partial charge in [-0.3, -0.25) is 14.4 Å². The monoisotopic (exact) mass is 811 g/mol. The van der Waals surface area contributed by atoms with Crippen molar-refractivity contribution in [1.29, 1.82) is 0 Å². The molecular weight excluding hydrogens is 721 g/mol. The summed E-state index contributed by atoms with van der Waals surface area (Å²) in [5.41, 5.74) is 0. The molecule has 0 N–H and O–H groups in total. The molecule has 0 aliphatic carbocycles. The Labute approximate surface area is 358 Å². The summed E-state index contributed by atoms with van der Waals surface area (Å²) in [4.78, 5) is 37.8. The van der Waals surface area contributed by atoms with Gasteiger partial charge in [0.1, 0.15) is 13.2 Å². The Morgan fingerprint density at radius 2 is 0.724 bits per heavy atom. The fraction of sp³-hybridized carbons (Fsp3) is 0.750. The van der Waals surface area contributed by atoms with Gasteiger partial charge in [0, 0.05) is 19.3 Å². The molecule has 0 fully saturated rings. The molecule has 0 saturated carbocycles. The summed E-state index contributed by atoms with van der Waals surface area (Å²) >= 11 is 0. The molecule has 0 aromatic carbocycles. The van der Waals surface area contributed by atoms with Crippen LogP contribution in [0.1, 0.15) is 233 Å². The van der Waals surface area contributed by atoms with E-state index >= 15 is 0 Å². The van der Waals surface area contributed by atoms with E-state index in [2.05, 4.69) is 81.5 Å². The van der Waals surface area contributed by atoms with Crippen LogP contribution >= 0.6 is 0 Å². The van der Waals surface area contributed by atoms with E-state index in [-0.39, 0.29) is 37.5 Å². The maximum absolute atomic E-state index is 12.7. The third-order valence-electron chi connectivity index (χ3n) is 10.3. The Kier molecular flexibility index (Phi) is 44.5. The number of hydrogen-bond donors (Lipinski definition) is 0. The first-order valence-corrected chi connectivity index (χ1v) is 24.3. The van der Waals surface area contributed by atoms with Crippen LogP contribution < -0.4 is 0 Å². The van der Waals surface area contributed by atoms with Crippen molar-refractivity contribution in [2.24, 2.45) is 0 Å². The number of allylic oxidation sites excluding steroid dienone is 10. The number of ether oxygens (including phenoxy) is 3. The first-order chi connectivity index (χ1) is 28.5. The molecule has 1 atom stereocenters. The number of unbranched alkanes of at least 4 members (excludes halogenated alkanes) is 23. The fourth-order valence-electron chi connectivity index (χ4n) is 6.62. The molecule has 0 amide bonds. The van der Waals surface area contributed by atoms with Crippen LogP contribution in [0.25, 0.3) is 0 Å². The van der Waals surface area contributed by atoms with Crippen LogP contribution in [-0.2, 0) is 28.6 Å². The van der Waals surface area contributed by atoms with E-state index in [4.69, 9.17) is 14.2 Å². The number of hydrogen-bond acceptors (Lipinski definition) is 6. The lowest BCUT2D eigenvalue weighted by Crippen LogP contribution is -2.30. The maximum atomic E-state index is 12.7. The van der Waals surface area contributed by atoms with Gasteiger partial charge in [0.2, 0.25) is 0 Å². The van der Waals surface area contributed by atoms with Gasteiger partial charge in [0.05, 0.1) is 0 Å². The third-order valence-corrected chi connectivity index (χ3v) is 10.3. The average Bonchev–Trinajstić information content (AvgIpc) is 3.22. The van der Waals surface area contributed by atoms with Crippen LogP contribution in [0, 0.1) is 0 Å². The molecule has 334 valence electrons. The molecule has 0 saturated heterocycles. The largest absolute Gasteiger partial charge is 0.462 e. The lowest BCUT2D eigenvalue weighted by molar-refractivity contribution is -0.167. The first kappa shape index (κ1) is 55.1. The van der Waals surface area contributed by atoms with Gasteiger partial charge in [-0.1, -0.05) is 197 Å². The van der Waals surface area contributed by atoms with Crippen molar-refractivity contribution in [1.82, 2.24) is 0 Å². The zero-order chi connectivity index (χ0) is 42.3. The molecule has 0 radical (unpaired) electrons. The first-order valence-electron chi connectivity index (χ1n) is 24.3. The number of carbonyl (C=O) groups excluding carboxylic acids is 3. The summed E-state index contributed by atoms with van der Waals surface area (Å²) < 4.78 is 16.7. The van der Waals surface area contributed by atoms with Crippen LogP contribution in [0.15, 0.2) is 60.8 Å². The van der Waals surface area contributed by atoms with Crippen molar-refractivity contribution in [2.45, 2.75) is 239 Å². The lowest BCUT2D eigenvalue weighted by Gasteiger charge is -2.18. The molecule has 6 nitrogen and oxygen atoms in total. The van der Waals surface area contributed by atoms with Gasteiger partial charge < -0.3 is 14.2 Å². The zero-order valence-corrected chi connectivity index (χ0v) is 38.0. The summed E-state index contributed by atoms with van der Waals surface area (Å²) in [5, 5.41) is 0. The smallest absolute Gasteiger partial charge is 0.306 e. The molecule has 0 aliphatic rings. The number of esters is 3. The van der Waals surface area contributed by atoms with Crippen LogP contribution in [0.2, 0.25) is 0 Å². The predicted molar refractivity (Wildman–Crippen MR) is 247 cm³/mol. The molecule has 0 heterocycles. The SMILES string of the molecule is CC/C=C\C/C=C\C/C=C\CCCCC(=O)OC(COC(=O)CCCCCCC/C=C\C=C/CCCCCCCCC)COC(=O)CCCCCCCCCCCC. The van der Waals surface area contributed by atoms with Crippen molar-refractivity contribution in [3.8, 4) is 0 Å². The molecule has 0 aromatic rings. The van der Waals surface area contributed by atoms with Crippen molar-refractivity contribution in [3.05, 3.63) is 60.8 Å². The van der Waals surface area contributed by atoms with E-state index < -0.39 is 6.10 Å². The fourth-order valence-corrected chi connectivity index (χ4v) is 6.62. The highest BCUT2D eigenvalue weighted by molar-refractivity contribution is 5.71. The molecule has 1 unspecified atom stereocenters. The minimum atomic E-state index is -0.796. The normalized spacial score (nSPS) is 12.5. The quantitative estimate of drug-likeness (QED) is 0.0201. The van der Waals surface area contributed by atoms with Crippen LogP contribution in [0.3, 0.4) is 0 Å². The van der Waals surface area contributed by atoms with Crippen molar-refractivity contribution in [2.75, 3.05) is 13.2 Å². The highest BCUT2D eigenvalue weighted by Crippen LogP contribution is 2.14. The highest BCUT2D eigenvalue weighted by atomic mass is 16.6. The van der Waals surface area contributed by atoms with Crippen LogP contribution in [0.5, 0.6) is 0 Å². The van der Waals surface area contributed by atoms with Gasteiger partial charge in [0.15, 0.2) is 6.10 Å². The minimum Gasteiger partial charge on any atom is -0.462 e. The molecule has 0 aromatic heterocycles. The summed E-state index contributed by atoms with van der Waals surface area (Å²) in [6, 6.07) is 0. The molecule has 0 rings (SSSR count). The van der Waals surface area contributed by atoms with E-state index in [1.807, 2.05) is 0 Å². The molecule has 58 heavy (non-hydrogen) atoms. The number of rotatable bonds is 43. The van der Waals surface area contributed by atoms with Crippen molar-refractivity contribution in [3.63, 3.8) is 0 Å². The van der Waals surface area contributed by atoms with Gasteiger partial charge >= 0.3 is 17.9 Å². The van der Waals surface area contributed by atoms with Crippen LogP contribution in [-0.4, -0.2) is 37.2 Å². The number of carbonyl (C=O) groups is 3. The van der Waals surface area contributed by atoms with E-state index in [9.17, 15) is 14.4 Å². The summed E-state index contributed by atoms with van der Waals surface area (Å²) in [6.45, 7) is 6.45. The molecule has 6 heteroatoms. The topological polar surface area (TPSA) is 78.9 Å². The van der Waals surface area contributed by atoms with E-state index in [1.165, 1.54) is 96.3 Å². The molecule has 0 bridgehead atoms. The third kappa shape index (κ3) is 44.2. The average molecular weight is 811 g/mol. The Morgan fingerprint density at radius 1 is 0.379 bits per heavy atom. The second kappa shape index (κ2) is 46.8. The Balaban J connectivity index is 4.40. The summed E-state index contributed by atoms with van der Waals surface area (Å²) in [6.07, 6.45) is 56.4. The summed E-state index contributed by atoms with van der Waals surface area (Å²) in [5.74, 6) is -0.951. The van der Waals surface area contributed by atoms with Crippen LogP contribution in [0.4, 0.5) is 0 Å². The Hall–Kier alpha value is -2.89. The van der Waals surface area contributed by atoms with Gasteiger partial charge in [-0.25, -0.2) is 0 Å². The predicted octanol–water partition coefficient (Wildman–Crippen LogP) is 15.7.